The molecule has 7 aromatic rings. The van der Waals surface area contributed by atoms with E-state index in [4.69, 9.17) is 61.9 Å². The number of carbonyl (C=O) groups excluding carboxylic acids is 1. The van der Waals surface area contributed by atoms with Crippen molar-refractivity contribution in [3.63, 3.8) is 0 Å². The van der Waals surface area contributed by atoms with Crippen LogP contribution in [0.25, 0.3) is 21.8 Å². The van der Waals surface area contributed by atoms with Crippen LogP contribution < -0.4 is 0 Å². The fraction of sp³-hybridized carbons (Fsp3) is 0.143. The van der Waals surface area contributed by atoms with Crippen LogP contribution in [0.2, 0.25) is 15.1 Å². The molecule has 0 aliphatic carbocycles. The average molecular weight is 2120 g/mol. The van der Waals surface area contributed by atoms with Gasteiger partial charge in [-0.15, -0.1) is 0 Å². The number of aromatic amines is 1. The second-order valence-corrected chi connectivity index (χ2v) is 83.4. The number of H-pyrrole nitrogens is 1. The topological polar surface area (TPSA) is 84.3 Å². The summed E-state index contributed by atoms with van der Waals surface area (Å²) in [5, 5.41) is 13.7. The van der Waals surface area contributed by atoms with Crippen molar-refractivity contribution in [3.8, 4) is 0 Å². The zero-order valence-corrected chi connectivity index (χ0v) is 82.5. The molecule has 0 unspecified atom stereocenters. The first kappa shape index (κ1) is 92.9. The van der Waals surface area contributed by atoms with Crippen molar-refractivity contribution in [1.29, 1.82) is 0 Å². The van der Waals surface area contributed by atoms with Gasteiger partial charge in [0.2, 0.25) is 0 Å². The second kappa shape index (κ2) is 60.7. The maximum atomic E-state index is 12.3. The number of hydrogen-bond acceptors (Lipinski definition) is 9. The number of aryl methyl sites for hydroxylation is 2. The summed E-state index contributed by atoms with van der Waals surface area (Å²) in [6.07, 6.45) is 0. The molecule has 2 heterocycles. The third-order valence-corrected chi connectivity index (χ3v) is 89.8. The van der Waals surface area contributed by atoms with Gasteiger partial charge in [0.1, 0.15) is 11.4 Å². The SMILES string of the molecule is C.CCOC(=O)c1[nH]c2ccc(Cl)cc2c1Sc1ccc(C)cc1.Cc1ccc(Sc2c(C(=O)O)n(Cc3ccc(Cl)cc3)c3ccc(Cl)cc23)cc1.S=S=S=S=S=S=S.S=S=S=S=S=S=S=S=S=S=S=S=S=S=S=S=S=S=S=S=S=S=S=S=S=S=S=S=S=S=S=S=S=S. The van der Waals surface area contributed by atoms with Crippen molar-refractivity contribution in [3.05, 3.63) is 152 Å². The number of nitrogens with one attached hydrogen (secondary N) is 1. The van der Waals surface area contributed by atoms with Crippen LogP contribution in [0.1, 0.15) is 52.0 Å². The molecule has 0 aliphatic rings. The van der Waals surface area contributed by atoms with Gasteiger partial charge in [-0.3, -0.25) is 0 Å². The number of aromatic nitrogens is 2. The van der Waals surface area contributed by atoms with Gasteiger partial charge in [0.25, 0.3) is 0 Å². The number of nitrogens with zero attached hydrogens (tertiary/aromatic N) is 1. The Kier molecular flexibility index (Phi) is 60.0. The highest BCUT2D eigenvalue weighted by Crippen LogP contribution is 2.41. The first-order valence-corrected chi connectivity index (χ1v) is 77.5. The van der Waals surface area contributed by atoms with Gasteiger partial charge in [-0.2, -0.15) is 0 Å². The summed E-state index contributed by atoms with van der Waals surface area (Å²) in [7, 11) is 63.8. The molecular formula is C42H37Cl3N2O4S43. The summed E-state index contributed by atoms with van der Waals surface area (Å²) in [6.45, 7) is 6.62. The molecule has 518 valence electrons. The van der Waals surface area contributed by atoms with Crippen LogP contribution in [0.4, 0.5) is 0 Å². The van der Waals surface area contributed by atoms with E-state index in [0.29, 0.717) is 38.8 Å². The molecule has 52 heteroatoms. The summed E-state index contributed by atoms with van der Waals surface area (Å²) >= 11 is 40.1. The molecule has 0 fully saturated rings. The normalized spacial score (nSPS) is 9.34. The Hall–Kier alpha value is 4.71. The Balaban J connectivity index is 0.000000351. The molecule has 0 aliphatic heterocycles. The van der Waals surface area contributed by atoms with Crippen molar-refractivity contribution in [2.75, 3.05) is 6.61 Å². The first-order chi connectivity index (χ1) is 45.3. The number of carboxylic acids is 1. The Morgan fingerprint density at radius 1 is 0.447 bits per heavy atom. The maximum Gasteiger partial charge on any atom is 0.355 e. The Labute approximate surface area is 693 Å². The number of esters is 1. The molecule has 0 amide bonds. The Bertz CT molecular complexity index is 5530. The van der Waals surface area contributed by atoms with Gasteiger partial charge in [-0.25, -0.2) is 9.59 Å². The fourth-order valence-corrected chi connectivity index (χ4v) is 99.1. The van der Waals surface area contributed by atoms with E-state index >= 15 is 0 Å². The van der Waals surface area contributed by atoms with Gasteiger partial charge >= 0.3 is 11.9 Å². The van der Waals surface area contributed by atoms with Crippen LogP contribution in [0.5, 0.6) is 0 Å². The molecule has 6 nitrogen and oxygen atoms in total. The number of rotatable bonds is 9. The molecule has 0 saturated heterocycles. The molecular weight excluding hydrogens is 2080 g/mol. The number of carbonyl (C=O) groups is 2. The zero-order chi connectivity index (χ0) is 67.1. The summed E-state index contributed by atoms with van der Waals surface area (Å²) in [4.78, 5) is 31.3. The summed E-state index contributed by atoms with van der Waals surface area (Å²) < 4.78 is 7.00. The third-order valence-electron chi connectivity index (χ3n) is 9.08. The highest BCUT2D eigenvalue weighted by atomic mass is 35.5. The first-order valence-electron chi connectivity index (χ1n) is 22.8. The number of halogens is 3. The van der Waals surface area contributed by atoms with Crippen molar-refractivity contribution >= 4 is 465 Å². The zero-order valence-electron chi connectivity index (χ0n) is 45.1. The quantitative estimate of drug-likeness (QED) is 0.136. The third kappa shape index (κ3) is 41.2. The van der Waals surface area contributed by atoms with Crippen LogP contribution in [0.3, 0.4) is 0 Å². The standard InChI is InChI=1S/C23H17Cl2NO2S.C18H16ClNO2S.CH4.S34.S7/c1-14-2-9-18(10-3-14)29-22-19-12-17(25)8-11-20(19)26(21(22)23(27)28)13-15-4-6-16(24)7-5-15;1-3-22-18(21)16-17(23-13-7-4-11(2)5-8-13)14-10-12(19)6-9-15(14)20-16;;1-3-5-7-9-11-13-15-17-19-21-23-25-27-29-31-33-34-32-30-28-26-24-22-20-18-16-14-12-10-8-6-4-2;1-3-5-7-6-4-2/h2-12H,13H2,1H3,(H,27,28);4-10,20H,3H2,1-2H3;1H4;;. The van der Waals surface area contributed by atoms with E-state index in [0.717, 1.165) is 47.6 Å². The van der Waals surface area contributed by atoms with Gasteiger partial charge in [0.05, 0.1) is 21.9 Å². The number of hydrogen-bond donors (Lipinski definition) is 2. The molecule has 0 radical (unpaired) electrons. The van der Waals surface area contributed by atoms with Crippen LogP contribution >= 0.6 is 58.3 Å². The van der Waals surface area contributed by atoms with Gasteiger partial charge in [-0.1, -0.05) is 113 Å². The Morgan fingerprint density at radius 3 is 1.14 bits per heavy atom. The monoisotopic (exact) mass is 2110 g/mol. The molecule has 0 spiro atoms. The highest BCUT2D eigenvalue weighted by Gasteiger charge is 2.24. The van der Waals surface area contributed by atoms with E-state index in [2.05, 4.69) is 27.4 Å². The lowest BCUT2D eigenvalue weighted by Gasteiger charge is -2.10. The molecule has 0 saturated carbocycles. The summed E-state index contributed by atoms with van der Waals surface area (Å²) in [5.74, 6) is -1.32. The average Bonchev–Trinajstić information content (AvgIpc) is 1.62. The molecule has 94 heavy (non-hydrogen) atoms. The van der Waals surface area contributed by atoms with E-state index in [1.807, 2.05) is 275 Å². The minimum Gasteiger partial charge on any atom is -0.477 e. The predicted octanol–water partition coefficient (Wildman–Crippen LogP) is 13.1. The van der Waals surface area contributed by atoms with Crippen molar-refractivity contribution in [1.82, 2.24) is 9.55 Å². The fourth-order valence-electron chi connectivity index (χ4n) is 5.96. The molecule has 5 aromatic carbocycles. The van der Waals surface area contributed by atoms with E-state index < -0.39 is 5.97 Å². The largest absolute Gasteiger partial charge is 0.477 e. The van der Waals surface area contributed by atoms with Crippen LogP contribution in [0.15, 0.2) is 129 Å². The van der Waals surface area contributed by atoms with Gasteiger partial charge in [-0.05, 0) is 99.1 Å². The van der Waals surface area contributed by atoms with Crippen molar-refractivity contribution < 1.29 is 19.4 Å². The number of aromatic carboxylic acids is 1. The lowest BCUT2D eigenvalue weighted by atomic mass is 10.2. The van der Waals surface area contributed by atoms with Gasteiger partial charge < -0.3 is 19.4 Å². The van der Waals surface area contributed by atoms with Crippen LogP contribution in [-0.4, -0.2) is 33.2 Å². The second-order valence-electron chi connectivity index (χ2n) is 14.4. The van der Waals surface area contributed by atoms with Gasteiger partial charge in [0.15, 0.2) is 0 Å². The van der Waals surface area contributed by atoms with E-state index in [1.165, 1.54) is 64.6 Å². The number of ether oxygens (including phenoxy) is 1. The van der Waals surface area contributed by atoms with Crippen molar-refractivity contribution in [2.45, 2.75) is 54.3 Å². The van der Waals surface area contributed by atoms with Crippen molar-refractivity contribution in [2.24, 2.45) is 0 Å². The van der Waals surface area contributed by atoms with E-state index in [9.17, 15) is 14.7 Å². The number of carboxylic acid groups (broad SMARTS) is 1. The maximum absolute atomic E-state index is 12.3. The molecule has 2 N–H and O–H groups in total. The minimum absolute atomic E-state index is 0. The summed E-state index contributed by atoms with van der Waals surface area (Å²) in [6, 6.07) is 34.7. The number of benzene rings is 5. The molecule has 2 aromatic heterocycles. The predicted molar refractivity (Wildman–Crippen MR) is 523 cm³/mol. The van der Waals surface area contributed by atoms with Gasteiger partial charge in [0, 0.05) is 421 Å². The summed E-state index contributed by atoms with van der Waals surface area (Å²) in [5.41, 5.74) is 5.74. The van der Waals surface area contributed by atoms with Crippen LogP contribution in [0, 0.1) is 13.8 Å². The molecule has 0 bridgehead atoms. The lowest BCUT2D eigenvalue weighted by molar-refractivity contribution is 0.0516. The van der Waals surface area contributed by atoms with Crippen LogP contribution in [-0.2, 0) is 385 Å². The highest BCUT2D eigenvalue weighted by molar-refractivity contribution is 8.80. The molecule has 0 atom stereocenters. The number of fused-ring (bicyclic) bond motifs is 2. The lowest BCUT2D eigenvalue weighted by Crippen LogP contribution is -2.10. The Morgan fingerprint density at radius 2 is 0.777 bits per heavy atom. The molecule has 7 rings (SSSR count). The van der Waals surface area contributed by atoms with E-state index in [1.54, 1.807) is 152 Å². The minimum atomic E-state index is -0.971. The smallest absolute Gasteiger partial charge is 0.355 e. The van der Waals surface area contributed by atoms with E-state index in [-0.39, 0.29) is 19.1 Å².